The predicted molar refractivity (Wildman–Crippen MR) is 73.0 cm³/mol. The molecule has 0 atom stereocenters. The third-order valence-corrected chi connectivity index (χ3v) is 3.83. The molecule has 1 aliphatic heterocycles. The molecule has 1 aromatic carbocycles. The first-order valence-corrected chi connectivity index (χ1v) is 6.46. The Bertz CT molecular complexity index is 769. The van der Waals surface area contributed by atoms with Gasteiger partial charge in [0.15, 0.2) is 0 Å². The van der Waals surface area contributed by atoms with Gasteiger partial charge >= 0.3 is 5.69 Å². The number of rotatable bonds is 2. The van der Waals surface area contributed by atoms with Crippen molar-refractivity contribution in [3.05, 3.63) is 34.2 Å². The highest BCUT2D eigenvalue weighted by Gasteiger charge is 2.28. The average Bonchev–Trinajstić information content (AvgIpc) is 2.86. The number of hydrogen-bond acceptors (Lipinski definition) is 3. The number of fused-ring (bicyclic) bond motifs is 1. The molecule has 0 spiro atoms. The van der Waals surface area contributed by atoms with Gasteiger partial charge < -0.3 is 0 Å². The van der Waals surface area contributed by atoms with Crippen LogP contribution in [0.25, 0.3) is 11.0 Å². The van der Waals surface area contributed by atoms with E-state index in [1.54, 1.807) is 23.2 Å². The molecular formula is C14H15N3O3. The molecule has 20 heavy (non-hydrogen) atoms. The Labute approximate surface area is 115 Å². The summed E-state index contributed by atoms with van der Waals surface area (Å²) in [6.45, 7) is 0.274. The van der Waals surface area contributed by atoms with Crippen LogP contribution >= 0.6 is 0 Å². The van der Waals surface area contributed by atoms with E-state index in [-0.39, 0.29) is 24.0 Å². The van der Waals surface area contributed by atoms with Crippen LogP contribution in [0.5, 0.6) is 0 Å². The fourth-order valence-electron chi connectivity index (χ4n) is 2.63. The second kappa shape index (κ2) is 4.33. The molecule has 2 heterocycles. The SMILES string of the molecule is Cn1c(=O)n(C)c2cc(CN3C(=O)CCC3=O)ccc21. The Morgan fingerprint density at radius 3 is 2.20 bits per heavy atom. The van der Waals surface area contributed by atoms with Crippen molar-refractivity contribution in [2.45, 2.75) is 19.4 Å². The van der Waals surface area contributed by atoms with Gasteiger partial charge in [-0.1, -0.05) is 6.07 Å². The Morgan fingerprint density at radius 1 is 0.950 bits per heavy atom. The van der Waals surface area contributed by atoms with Crippen LogP contribution in [0.3, 0.4) is 0 Å². The van der Waals surface area contributed by atoms with E-state index in [4.69, 9.17) is 0 Å². The number of likely N-dealkylation sites (tertiary alicyclic amines) is 1. The first kappa shape index (κ1) is 12.7. The highest BCUT2D eigenvalue weighted by Crippen LogP contribution is 2.19. The van der Waals surface area contributed by atoms with E-state index in [0.717, 1.165) is 16.6 Å². The van der Waals surface area contributed by atoms with E-state index in [9.17, 15) is 14.4 Å². The van der Waals surface area contributed by atoms with Crippen LogP contribution in [-0.4, -0.2) is 25.8 Å². The molecule has 1 saturated heterocycles. The van der Waals surface area contributed by atoms with Gasteiger partial charge in [-0.15, -0.1) is 0 Å². The van der Waals surface area contributed by atoms with E-state index in [1.807, 2.05) is 18.2 Å². The first-order chi connectivity index (χ1) is 9.49. The summed E-state index contributed by atoms with van der Waals surface area (Å²) in [5.41, 5.74) is 2.39. The van der Waals surface area contributed by atoms with E-state index >= 15 is 0 Å². The maximum Gasteiger partial charge on any atom is 0.328 e. The highest BCUT2D eigenvalue weighted by molar-refractivity contribution is 6.01. The monoisotopic (exact) mass is 273 g/mol. The average molecular weight is 273 g/mol. The molecule has 0 unspecified atom stereocenters. The highest BCUT2D eigenvalue weighted by atomic mass is 16.2. The first-order valence-electron chi connectivity index (χ1n) is 6.46. The second-order valence-corrected chi connectivity index (χ2v) is 5.10. The Hall–Kier alpha value is -2.37. The number of amides is 2. The van der Waals surface area contributed by atoms with Crippen LogP contribution in [0.15, 0.2) is 23.0 Å². The second-order valence-electron chi connectivity index (χ2n) is 5.10. The summed E-state index contributed by atoms with van der Waals surface area (Å²) in [4.78, 5) is 36.4. The van der Waals surface area contributed by atoms with Crippen molar-refractivity contribution in [1.82, 2.24) is 14.0 Å². The lowest BCUT2D eigenvalue weighted by Crippen LogP contribution is -2.28. The molecule has 104 valence electrons. The summed E-state index contributed by atoms with van der Waals surface area (Å²) in [5.74, 6) is -0.255. The van der Waals surface area contributed by atoms with Gasteiger partial charge in [0.2, 0.25) is 11.8 Å². The van der Waals surface area contributed by atoms with Gasteiger partial charge in [0.05, 0.1) is 17.6 Å². The molecular weight excluding hydrogens is 258 g/mol. The van der Waals surface area contributed by atoms with Crippen LogP contribution in [0.2, 0.25) is 0 Å². The van der Waals surface area contributed by atoms with Gasteiger partial charge in [0.25, 0.3) is 0 Å². The molecule has 2 aromatic rings. The standard InChI is InChI=1S/C14H15N3O3/c1-15-10-4-3-9(7-11(10)16(2)14(15)20)8-17-12(18)5-6-13(17)19/h3-4,7H,5-6,8H2,1-2H3. The van der Waals surface area contributed by atoms with Crippen molar-refractivity contribution in [3.63, 3.8) is 0 Å². The maximum absolute atomic E-state index is 11.9. The Kier molecular flexibility index (Phi) is 2.74. The molecule has 3 rings (SSSR count). The number of nitrogens with zero attached hydrogens (tertiary/aromatic N) is 3. The van der Waals surface area contributed by atoms with Gasteiger partial charge in [-0.05, 0) is 17.7 Å². The fraction of sp³-hybridized carbons (Fsp3) is 0.357. The van der Waals surface area contributed by atoms with E-state index in [0.29, 0.717) is 12.8 Å². The number of imide groups is 1. The minimum Gasteiger partial charge on any atom is -0.295 e. The van der Waals surface area contributed by atoms with Crippen LogP contribution in [-0.2, 0) is 30.2 Å². The van der Waals surface area contributed by atoms with E-state index < -0.39 is 0 Å². The summed E-state index contributed by atoms with van der Waals surface area (Å²) < 4.78 is 3.14. The van der Waals surface area contributed by atoms with Crippen molar-refractivity contribution in [3.8, 4) is 0 Å². The largest absolute Gasteiger partial charge is 0.328 e. The lowest BCUT2D eigenvalue weighted by atomic mass is 10.2. The number of carbonyl (C=O) groups excluding carboxylic acids is 2. The topological polar surface area (TPSA) is 64.3 Å². The molecule has 2 amide bonds. The van der Waals surface area contributed by atoms with Crippen molar-refractivity contribution in [2.75, 3.05) is 0 Å². The minimum absolute atomic E-state index is 0.0922. The third-order valence-electron chi connectivity index (χ3n) is 3.83. The van der Waals surface area contributed by atoms with Crippen LogP contribution in [0, 0.1) is 0 Å². The summed E-state index contributed by atoms with van der Waals surface area (Å²) in [6.07, 6.45) is 0.593. The summed E-state index contributed by atoms with van der Waals surface area (Å²) in [5, 5.41) is 0. The molecule has 0 N–H and O–H groups in total. The molecule has 0 saturated carbocycles. The predicted octanol–water partition coefficient (Wildman–Crippen LogP) is 0.526. The number of imidazole rings is 1. The summed E-state index contributed by atoms with van der Waals surface area (Å²) >= 11 is 0. The van der Waals surface area contributed by atoms with Gasteiger partial charge in [-0.25, -0.2) is 4.79 Å². The molecule has 6 nitrogen and oxygen atoms in total. The zero-order valence-corrected chi connectivity index (χ0v) is 11.4. The lowest BCUT2D eigenvalue weighted by molar-refractivity contribution is -0.139. The smallest absolute Gasteiger partial charge is 0.295 e. The van der Waals surface area contributed by atoms with Crippen molar-refractivity contribution >= 4 is 22.8 Å². The van der Waals surface area contributed by atoms with Crippen LogP contribution in [0.4, 0.5) is 0 Å². The molecule has 0 aliphatic carbocycles. The quantitative estimate of drug-likeness (QED) is 0.750. The molecule has 1 fully saturated rings. The van der Waals surface area contributed by atoms with Gasteiger partial charge in [-0.2, -0.15) is 0 Å². The lowest BCUT2D eigenvalue weighted by Gasteiger charge is -2.13. The van der Waals surface area contributed by atoms with Crippen molar-refractivity contribution in [2.24, 2.45) is 14.1 Å². The fourth-order valence-corrected chi connectivity index (χ4v) is 2.63. The number of aryl methyl sites for hydroxylation is 2. The number of carbonyl (C=O) groups is 2. The van der Waals surface area contributed by atoms with Gasteiger partial charge in [0.1, 0.15) is 0 Å². The summed E-state index contributed by atoms with van der Waals surface area (Å²) in [7, 11) is 3.43. The molecule has 1 aromatic heterocycles. The molecule has 1 aliphatic rings. The number of hydrogen-bond donors (Lipinski definition) is 0. The molecule has 0 bridgehead atoms. The zero-order chi connectivity index (χ0) is 14.4. The number of benzene rings is 1. The van der Waals surface area contributed by atoms with Crippen LogP contribution in [0.1, 0.15) is 18.4 Å². The third kappa shape index (κ3) is 1.76. The van der Waals surface area contributed by atoms with Gasteiger partial charge in [-0.3, -0.25) is 23.6 Å². The number of aromatic nitrogens is 2. The van der Waals surface area contributed by atoms with E-state index in [1.165, 1.54) is 4.90 Å². The van der Waals surface area contributed by atoms with Crippen molar-refractivity contribution < 1.29 is 9.59 Å². The molecule has 6 heteroatoms. The van der Waals surface area contributed by atoms with Crippen molar-refractivity contribution in [1.29, 1.82) is 0 Å². The van der Waals surface area contributed by atoms with Gasteiger partial charge in [0, 0.05) is 26.9 Å². The van der Waals surface area contributed by atoms with E-state index in [2.05, 4.69) is 0 Å². The molecule has 0 radical (unpaired) electrons. The zero-order valence-electron chi connectivity index (χ0n) is 11.4. The summed E-state index contributed by atoms with van der Waals surface area (Å²) in [6, 6.07) is 5.55. The Balaban J connectivity index is 2.01. The normalized spacial score (nSPS) is 15.6. The maximum atomic E-state index is 11.9. The minimum atomic E-state index is -0.128. The van der Waals surface area contributed by atoms with Crippen LogP contribution < -0.4 is 5.69 Å². The Morgan fingerprint density at radius 2 is 1.55 bits per heavy atom.